The number of hydrogen-bond donors (Lipinski definition) is 4. The molecule has 2 aromatic carbocycles. The van der Waals surface area contributed by atoms with E-state index in [1.165, 1.54) is 12.3 Å². The van der Waals surface area contributed by atoms with Crippen LogP contribution in [-0.4, -0.2) is 61.2 Å². The number of pyridine rings is 2. The van der Waals surface area contributed by atoms with E-state index in [2.05, 4.69) is 20.3 Å². The van der Waals surface area contributed by atoms with E-state index in [4.69, 9.17) is 4.98 Å². The molecule has 0 saturated carbocycles. The van der Waals surface area contributed by atoms with Crippen molar-refractivity contribution < 1.29 is 22.8 Å². The van der Waals surface area contributed by atoms with Crippen LogP contribution in [0.2, 0.25) is 0 Å². The van der Waals surface area contributed by atoms with Crippen LogP contribution in [0, 0.1) is 0 Å². The second-order valence-corrected chi connectivity index (χ2v) is 10.7. The Hall–Kier alpha value is -3.45. The van der Waals surface area contributed by atoms with E-state index in [0.29, 0.717) is 17.9 Å². The lowest BCUT2D eigenvalue weighted by Crippen LogP contribution is -2.17. The van der Waals surface area contributed by atoms with Gasteiger partial charge in [0.25, 0.3) is 0 Å². The van der Waals surface area contributed by atoms with Gasteiger partial charge in [0.2, 0.25) is 10.9 Å². The molecule has 3 heterocycles. The first-order valence-electron chi connectivity index (χ1n) is 11.3. The average Bonchev–Trinajstić information content (AvgIpc) is 2.91. The Labute approximate surface area is 241 Å². The maximum atomic E-state index is 11.8. The molecule has 0 aliphatic heterocycles. The van der Waals surface area contributed by atoms with Gasteiger partial charge >= 0.3 is 30.8 Å². The van der Waals surface area contributed by atoms with Gasteiger partial charge in [-0.2, -0.15) is 4.08 Å². The SMILES string of the molecule is O=[SH](=O)N(c1cncc(-c2nc(NCc3ccccn3)c3c(-c4ccccc4)cccc3n2)c1)P(=O)(O)O.[MgH2]. The summed E-state index contributed by atoms with van der Waals surface area (Å²) in [5, 5.41) is 4.10. The Balaban J connectivity index is 0.00000353. The normalized spacial score (nSPS) is 11.3. The molecule has 0 amide bonds. The second kappa shape index (κ2) is 12.2. The second-order valence-electron chi connectivity index (χ2n) is 8.11. The van der Waals surface area contributed by atoms with E-state index < -0.39 is 18.6 Å². The van der Waals surface area contributed by atoms with Gasteiger partial charge in [-0.1, -0.05) is 48.5 Å². The average molecular weight is 575 g/mol. The van der Waals surface area contributed by atoms with Crippen molar-refractivity contribution >= 4 is 64.1 Å². The zero-order chi connectivity index (χ0) is 26.7. The largest absolute Gasteiger partial charge is 0.443 e. The number of hydrogen-bond acceptors (Lipinski definition) is 8. The Morgan fingerprint density at radius 1 is 0.897 bits per heavy atom. The van der Waals surface area contributed by atoms with Gasteiger partial charge in [-0.15, -0.1) is 0 Å². The first kappa shape index (κ1) is 28.6. The summed E-state index contributed by atoms with van der Waals surface area (Å²) in [4.78, 5) is 36.8. The van der Waals surface area contributed by atoms with Crippen molar-refractivity contribution in [3.05, 3.63) is 97.1 Å². The van der Waals surface area contributed by atoms with Crippen molar-refractivity contribution in [1.29, 1.82) is 0 Å². The summed E-state index contributed by atoms with van der Waals surface area (Å²) in [7, 11) is -8.80. The number of aromatic nitrogens is 4. The highest BCUT2D eigenvalue weighted by Gasteiger charge is 2.29. The molecule has 0 fully saturated rings. The minimum absolute atomic E-state index is 0. The molecule has 0 aliphatic rings. The van der Waals surface area contributed by atoms with E-state index in [9.17, 15) is 22.8 Å². The minimum Gasteiger partial charge on any atom is -0.364 e. The molecule has 0 atom stereocenters. The quantitative estimate of drug-likeness (QED) is 0.123. The van der Waals surface area contributed by atoms with Crippen LogP contribution in [0.15, 0.2) is 91.4 Å². The zero-order valence-corrected chi connectivity index (χ0v) is 21.4. The highest BCUT2D eigenvalue weighted by atomic mass is 32.2. The summed E-state index contributed by atoms with van der Waals surface area (Å²) >= 11 is 0. The van der Waals surface area contributed by atoms with Gasteiger partial charge < -0.3 is 15.1 Å². The fraction of sp³-hybridized carbons (Fsp3) is 0.0400. The predicted molar refractivity (Wildman–Crippen MR) is 153 cm³/mol. The molecule has 0 aliphatic carbocycles. The molecule has 3 aromatic heterocycles. The lowest BCUT2D eigenvalue weighted by Gasteiger charge is -2.18. The number of anilines is 2. The van der Waals surface area contributed by atoms with Gasteiger partial charge in [0.1, 0.15) is 5.82 Å². The minimum atomic E-state index is -5.16. The molecule has 0 saturated heterocycles. The molecule has 0 unspecified atom stereocenters. The van der Waals surface area contributed by atoms with Crippen LogP contribution in [0.5, 0.6) is 0 Å². The number of nitrogens with one attached hydrogen (secondary N) is 1. The summed E-state index contributed by atoms with van der Waals surface area (Å²) in [6.07, 6.45) is 4.13. The van der Waals surface area contributed by atoms with Crippen molar-refractivity contribution in [2.24, 2.45) is 0 Å². The monoisotopic (exact) mass is 574 g/mol. The van der Waals surface area contributed by atoms with Crippen LogP contribution in [0.1, 0.15) is 5.69 Å². The van der Waals surface area contributed by atoms with E-state index >= 15 is 0 Å². The third-order valence-electron chi connectivity index (χ3n) is 5.59. The van der Waals surface area contributed by atoms with Crippen LogP contribution in [0.4, 0.5) is 11.5 Å². The Morgan fingerprint density at radius 3 is 2.36 bits per heavy atom. The molecule has 11 nitrogen and oxygen atoms in total. The van der Waals surface area contributed by atoms with Crippen molar-refractivity contribution in [2.75, 3.05) is 9.39 Å². The van der Waals surface area contributed by atoms with Gasteiger partial charge in [-0.05, 0) is 35.4 Å². The highest BCUT2D eigenvalue weighted by Crippen LogP contribution is 2.44. The Bertz CT molecular complexity index is 1730. The maximum absolute atomic E-state index is 11.8. The summed E-state index contributed by atoms with van der Waals surface area (Å²) in [5.41, 5.74) is 3.23. The maximum Gasteiger partial charge on any atom is 0.443 e. The zero-order valence-electron chi connectivity index (χ0n) is 19.6. The van der Waals surface area contributed by atoms with Crippen molar-refractivity contribution in [2.45, 2.75) is 6.54 Å². The summed E-state index contributed by atoms with van der Waals surface area (Å²) < 4.78 is 35.0. The predicted octanol–water partition coefficient (Wildman–Crippen LogP) is 2.88. The van der Waals surface area contributed by atoms with Crippen molar-refractivity contribution in [3.8, 4) is 22.5 Å². The van der Waals surface area contributed by atoms with Crippen LogP contribution in [-0.2, 0) is 22.0 Å². The van der Waals surface area contributed by atoms with E-state index in [-0.39, 0.29) is 44.2 Å². The van der Waals surface area contributed by atoms with Crippen LogP contribution in [0.25, 0.3) is 33.4 Å². The van der Waals surface area contributed by atoms with E-state index in [0.717, 1.165) is 28.4 Å². The fourth-order valence-electron chi connectivity index (χ4n) is 3.97. The molecule has 5 rings (SSSR count). The molecule has 196 valence electrons. The van der Waals surface area contributed by atoms with E-state index in [1.54, 1.807) is 6.20 Å². The smallest absolute Gasteiger partial charge is 0.364 e. The van der Waals surface area contributed by atoms with Gasteiger partial charge in [0.05, 0.1) is 35.0 Å². The number of benzene rings is 2. The lowest BCUT2D eigenvalue weighted by molar-refractivity contribution is 0.375. The topological polar surface area (TPSA) is 158 Å². The summed E-state index contributed by atoms with van der Waals surface area (Å²) in [6.45, 7) is 0.371. The molecule has 3 N–H and O–H groups in total. The van der Waals surface area contributed by atoms with Crippen molar-refractivity contribution in [1.82, 2.24) is 19.9 Å². The van der Waals surface area contributed by atoms with Gasteiger partial charge in [0, 0.05) is 18.0 Å². The molecule has 0 spiro atoms. The van der Waals surface area contributed by atoms with Crippen LogP contribution >= 0.6 is 7.75 Å². The third-order valence-corrected chi connectivity index (χ3v) is 7.99. The molecule has 0 bridgehead atoms. The van der Waals surface area contributed by atoms with E-state index in [1.807, 2.05) is 66.7 Å². The van der Waals surface area contributed by atoms with Crippen LogP contribution < -0.4 is 9.39 Å². The molecule has 14 heteroatoms. The van der Waals surface area contributed by atoms with Gasteiger partial charge in [-0.3, -0.25) is 9.97 Å². The lowest BCUT2D eigenvalue weighted by atomic mass is 10.0. The Kier molecular flexibility index (Phi) is 8.90. The molecule has 5 aromatic rings. The number of thiol groups is 1. The fourth-order valence-corrected chi connectivity index (χ4v) is 5.44. The summed E-state index contributed by atoms with van der Waals surface area (Å²) in [5.74, 6) is 0.689. The summed E-state index contributed by atoms with van der Waals surface area (Å²) in [6, 6.07) is 22.3. The Morgan fingerprint density at radius 2 is 1.67 bits per heavy atom. The number of fused-ring (bicyclic) bond motifs is 1. The third kappa shape index (κ3) is 6.41. The first-order valence-corrected chi connectivity index (χ1v) is 14.0. The molecular weight excluding hydrogens is 552 g/mol. The molecule has 0 radical (unpaired) electrons. The van der Waals surface area contributed by atoms with Gasteiger partial charge in [-0.25, -0.2) is 23.0 Å². The molecular formula is C25H23MgN6O5PS. The van der Waals surface area contributed by atoms with Crippen LogP contribution in [0.3, 0.4) is 0 Å². The first-order chi connectivity index (χ1) is 18.3. The molecule has 39 heavy (non-hydrogen) atoms. The van der Waals surface area contributed by atoms with Gasteiger partial charge in [0.15, 0.2) is 5.82 Å². The van der Waals surface area contributed by atoms with Crippen molar-refractivity contribution in [3.63, 3.8) is 0 Å². The standard InChI is InChI=1S/C25H21N6O5PS.Mg.2H/c32-37(33,34)31(38(35)36)20-13-18(14-26-16-20)24-29-22-11-6-10-21(17-7-2-1-3-8-17)23(22)25(30-24)28-15-19-9-4-5-12-27-19;;;/h1-14,16,38H,15H2,(H,28,29,30)(H2,32,33,34);;;. The number of rotatable bonds is 8. The number of nitrogens with zero attached hydrogens (tertiary/aromatic N) is 5. The highest BCUT2D eigenvalue weighted by molar-refractivity contribution is 7.84.